The van der Waals surface area contributed by atoms with Crippen LogP contribution in [0, 0.1) is 0 Å². The Morgan fingerprint density at radius 2 is 1.67 bits per heavy atom. The summed E-state index contributed by atoms with van der Waals surface area (Å²) in [4.78, 5) is 17.6. The number of nitrogens with one attached hydrogen (secondary N) is 2. The number of fused-ring (bicyclic) bond motifs is 1. The molecular formula is C22H25N3O4S. The molecule has 0 fully saturated rings. The Morgan fingerprint density at radius 3 is 2.27 bits per heavy atom. The highest BCUT2D eigenvalue weighted by Gasteiger charge is 2.15. The molecule has 0 aliphatic heterocycles. The van der Waals surface area contributed by atoms with Crippen molar-refractivity contribution in [3.8, 4) is 17.2 Å². The monoisotopic (exact) mass is 427 g/mol. The topological polar surface area (TPSA) is 75.8 Å². The molecule has 3 rings (SSSR count). The van der Waals surface area contributed by atoms with Crippen molar-refractivity contribution in [3.63, 3.8) is 0 Å². The SMILES string of the molecule is CNC(=S)N(Cc1ccc(OC)cc1)Cc1cc2cc(OC)c(OC)cc2[nH]c1=O. The predicted octanol–water partition coefficient (Wildman–Crippen LogP) is 3.06. The van der Waals surface area contributed by atoms with Gasteiger partial charge in [0, 0.05) is 30.6 Å². The van der Waals surface area contributed by atoms with Crippen molar-refractivity contribution >= 4 is 28.2 Å². The number of ether oxygens (including phenoxy) is 3. The van der Waals surface area contributed by atoms with Gasteiger partial charge < -0.3 is 29.4 Å². The molecule has 0 aliphatic carbocycles. The van der Waals surface area contributed by atoms with Gasteiger partial charge in [0.25, 0.3) is 5.56 Å². The number of hydrogen-bond donors (Lipinski definition) is 2. The number of hydrogen-bond acceptors (Lipinski definition) is 5. The van der Waals surface area contributed by atoms with Crippen molar-refractivity contribution in [1.29, 1.82) is 0 Å². The molecule has 7 nitrogen and oxygen atoms in total. The number of rotatable bonds is 7. The average molecular weight is 428 g/mol. The van der Waals surface area contributed by atoms with Crippen LogP contribution in [0.2, 0.25) is 0 Å². The number of benzene rings is 2. The Bertz CT molecular complexity index is 1100. The quantitative estimate of drug-likeness (QED) is 0.561. The predicted molar refractivity (Wildman–Crippen MR) is 122 cm³/mol. The maximum absolute atomic E-state index is 12.7. The molecule has 0 atom stereocenters. The van der Waals surface area contributed by atoms with Crippen molar-refractivity contribution in [2.75, 3.05) is 28.4 Å². The number of pyridine rings is 1. The van der Waals surface area contributed by atoms with Crippen LogP contribution in [0.4, 0.5) is 0 Å². The molecule has 30 heavy (non-hydrogen) atoms. The van der Waals surface area contributed by atoms with Gasteiger partial charge in [-0.25, -0.2) is 0 Å². The van der Waals surface area contributed by atoms with Crippen LogP contribution in [0.5, 0.6) is 17.2 Å². The lowest BCUT2D eigenvalue weighted by Gasteiger charge is -2.25. The van der Waals surface area contributed by atoms with Crippen LogP contribution >= 0.6 is 12.2 Å². The van der Waals surface area contributed by atoms with Crippen molar-refractivity contribution < 1.29 is 14.2 Å². The van der Waals surface area contributed by atoms with Gasteiger partial charge in [-0.3, -0.25) is 4.79 Å². The fourth-order valence-corrected chi connectivity index (χ4v) is 3.34. The van der Waals surface area contributed by atoms with Crippen LogP contribution in [-0.2, 0) is 13.1 Å². The number of H-pyrrole nitrogens is 1. The highest BCUT2D eigenvalue weighted by molar-refractivity contribution is 7.80. The molecule has 8 heteroatoms. The molecule has 2 N–H and O–H groups in total. The van der Waals surface area contributed by atoms with E-state index in [0.717, 1.165) is 16.7 Å². The van der Waals surface area contributed by atoms with E-state index < -0.39 is 0 Å². The highest BCUT2D eigenvalue weighted by Crippen LogP contribution is 2.31. The third-order valence-corrected chi connectivity index (χ3v) is 5.28. The number of methoxy groups -OCH3 is 3. The maximum atomic E-state index is 12.7. The zero-order valence-electron chi connectivity index (χ0n) is 17.4. The second-order valence-electron chi connectivity index (χ2n) is 6.68. The molecule has 0 bridgehead atoms. The summed E-state index contributed by atoms with van der Waals surface area (Å²) in [5.74, 6) is 1.95. The first-order valence-corrected chi connectivity index (χ1v) is 9.77. The minimum atomic E-state index is -0.173. The molecule has 1 aromatic heterocycles. The molecule has 2 aromatic carbocycles. The van der Waals surface area contributed by atoms with E-state index in [1.54, 1.807) is 34.4 Å². The van der Waals surface area contributed by atoms with Crippen molar-refractivity contribution in [2.24, 2.45) is 0 Å². The summed E-state index contributed by atoms with van der Waals surface area (Å²) >= 11 is 5.48. The Balaban J connectivity index is 1.93. The van der Waals surface area contributed by atoms with E-state index in [0.29, 0.717) is 40.8 Å². The average Bonchev–Trinajstić information content (AvgIpc) is 2.78. The molecule has 3 aromatic rings. The van der Waals surface area contributed by atoms with Gasteiger partial charge >= 0.3 is 0 Å². The Kier molecular flexibility index (Phi) is 6.79. The number of nitrogens with zero attached hydrogens (tertiary/aromatic N) is 1. The molecular weight excluding hydrogens is 402 g/mol. The third-order valence-electron chi connectivity index (χ3n) is 4.82. The standard InChI is InChI=1S/C22H25N3O4S/c1-23-22(30)25(12-14-5-7-17(27-2)8-6-14)13-16-9-15-10-19(28-3)20(29-4)11-18(15)24-21(16)26/h5-11H,12-13H2,1-4H3,(H,23,30)(H,24,26). The lowest BCUT2D eigenvalue weighted by atomic mass is 10.1. The summed E-state index contributed by atoms with van der Waals surface area (Å²) in [5.41, 5.74) is 2.16. The molecule has 0 aliphatic rings. The second-order valence-corrected chi connectivity index (χ2v) is 7.06. The molecule has 1 heterocycles. The zero-order chi connectivity index (χ0) is 21.7. The van der Waals surface area contributed by atoms with Gasteiger partial charge in [-0.1, -0.05) is 12.1 Å². The van der Waals surface area contributed by atoms with E-state index >= 15 is 0 Å². The Morgan fingerprint density at radius 1 is 1.00 bits per heavy atom. The summed E-state index contributed by atoms with van der Waals surface area (Å²) in [7, 11) is 6.54. The Hall–Kier alpha value is -3.26. The van der Waals surface area contributed by atoms with Crippen LogP contribution in [0.1, 0.15) is 11.1 Å². The second kappa shape index (κ2) is 9.49. The van der Waals surface area contributed by atoms with E-state index in [2.05, 4.69) is 10.3 Å². The van der Waals surface area contributed by atoms with Gasteiger partial charge in [0.1, 0.15) is 5.75 Å². The van der Waals surface area contributed by atoms with Gasteiger partial charge in [-0.15, -0.1) is 0 Å². The van der Waals surface area contributed by atoms with Crippen LogP contribution in [0.15, 0.2) is 47.3 Å². The highest BCUT2D eigenvalue weighted by atomic mass is 32.1. The summed E-state index contributed by atoms with van der Waals surface area (Å²) in [6.07, 6.45) is 0. The summed E-state index contributed by atoms with van der Waals surface area (Å²) < 4.78 is 15.9. The van der Waals surface area contributed by atoms with Gasteiger partial charge in [-0.05, 0) is 42.0 Å². The third kappa shape index (κ3) is 4.65. The lowest BCUT2D eigenvalue weighted by molar-refractivity contribution is 0.355. The first kappa shape index (κ1) is 21.4. The minimum Gasteiger partial charge on any atom is -0.497 e. The molecule has 0 radical (unpaired) electrons. The molecule has 0 amide bonds. The smallest absolute Gasteiger partial charge is 0.253 e. The van der Waals surface area contributed by atoms with Gasteiger partial charge in [-0.2, -0.15) is 0 Å². The van der Waals surface area contributed by atoms with E-state index in [9.17, 15) is 4.79 Å². The molecule has 0 spiro atoms. The van der Waals surface area contributed by atoms with Gasteiger partial charge in [0.2, 0.25) is 0 Å². The van der Waals surface area contributed by atoms with E-state index in [4.69, 9.17) is 26.4 Å². The van der Waals surface area contributed by atoms with Crippen LogP contribution in [0.3, 0.4) is 0 Å². The van der Waals surface area contributed by atoms with Crippen molar-refractivity contribution in [2.45, 2.75) is 13.1 Å². The molecule has 158 valence electrons. The van der Waals surface area contributed by atoms with Crippen molar-refractivity contribution in [3.05, 3.63) is 63.9 Å². The first-order valence-electron chi connectivity index (χ1n) is 9.36. The summed E-state index contributed by atoms with van der Waals surface area (Å²) in [5, 5.41) is 4.40. The first-order chi connectivity index (χ1) is 14.5. The van der Waals surface area contributed by atoms with Gasteiger partial charge in [0.15, 0.2) is 16.6 Å². The van der Waals surface area contributed by atoms with Gasteiger partial charge in [0.05, 0.1) is 33.4 Å². The fourth-order valence-electron chi connectivity index (χ4n) is 3.21. The maximum Gasteiger partial charge on any atom is 0.253 e. The number of thiocarbonyl (C=S) groups is 1. The Labute approximate surface area is 180 Å². The van der Waals surface area contributed by atoms with Crippen molar-refractivity contribution in [1.82, 2.24) is 15.2 Å². The molecule has 0 saturated heterocycles. The van der Waals surface area contributed by atoms with E-state index in [-0.39, 0.29) is 5.56 Å². The largest absolute Gasteiger partial charge is 0.497 e. The van der Waals surface area contributed by atoms with Crippen LogP contribution < -0.4 is 25.1 Å². The zero-order valence-corrected chi connectivity index (χ0v) is 18.3. The summed E-state index contributed by atoms with van der Waals surface area (Å²) in [6, 6.07) is 13.2. The number of aromatic nitrogens is 1. The normalized spacial score (nSPS) is 10.5. The summed E-state index contributed by atoms with van der Waals surface area (Å²) in [6.45, 7) is 0.901. The lowest BCUT2D eigenvalue weighted by Crippen LogP contribution is -2.38. The molecule has 0 saturated carbocycles. The molecule has 0 unspecified atom stereocenters. The van der Waals surface area contributed by atoms with Crippen LogP contribution in [-0.4, -0.2) is 43.4 Å². The van der Waals surface area contributed by atoms with E-state index in [1.165, 1.54) is 0 Å². The van der Waals surface area contributed by atoms with Crippen LogP contribution in [0.25, 0.3) is 10.9 Å². The number of aromatic amines is 1. The minimum absolute atomic E-state index is 0.173. The van der Waals surface area contributed by atoms with E-state index in [1.807, 2.05) is 41.3 Å². The fraction of sp³-hybridized carbons (Fsp3) is 0.273.